The van der Waals surface area contributed by atoms with Gasteiger partial charge in [0.2, 0.25) is 0 Å². The van der Waals surface area contributed by atoms with Gasteiger partial charge in [-0.1, -0.05) is 6.07 Å². The van der Waals surface area contributed by atoms with Crippen molar-refractivity contribution in [2.75, 3.05) is 14.1 Å². The first-order chi connectivity index (χ1) is 9.65. The summed E-state index contributed by atoms with van der Waals surface area (Å²) in [7, 11) is 3.69. The van der Waals surface area contributed by atoms with Crippen LogP contribution in [0.25, 0.3) is 0 Å². The van der Waals surface area contributed by atoms with Gasteiger partial charge in [0.05, 0.1) is 6.21 Å². The number of pyridine rings is 1. The van der Waals surface area contributed by atoms with E-state index in [1.165, 1.54) is 0 Å². The van der Waals surface area contributed by atoms with E-state index < -0.39 is 5.97 Å². The number of aromatic nitrogens is 1. The molecule has 2 rings (SSSR count). The lowest BCUT2D eigenvalue weighted by molar-refractivity contribution is 0.0728. The fraction of sp³-hybridized carbons (Fsp3) is 0.133. The van der Waals surface area contributed by atoms with Gasteiger partial charge in [-0.25, -0.2) is 9.78 Å². The van der Waals surface area contributed by atoms with Crippen LogP contribution in [0.15, 0.2) is 53.8 Å². The maximum absolute atomic E-state index is 11.8. The number of hydrazone groups is 1. The Labute approximate surface area is 117 Å². The number of hydrogen-bond acceptors (Lipinski definition) is 5. The van der Waals surface area contributed by atoms with Crippen molar-refractivity contribution in [3.63, 3.8) is 0 Å². The van der Waals surface area contributed by atoms with E-state index in [1.807, 2.05) is 26.2 Å². The predicted octanol–water partition coefficient (Wildman–Crippen LogP) is 2.20. The van der Waals surface area contributed by atoms with Crippen LogP contribution in [-0.2, 0) is 0 Å². The Hall–Kier alpha value is -2.69. The van der Waals surface area contributed by atoms with Gasteiger partial charge in [0.15, 0.2) is 0 Å². The maximum Gasteiger partial charge on any atom is 0.362 e. The van der Waals surface area contributed by atoms with Gasteiger partial charge in [-0.05, 0) is 42.0 Å². The summed E-state index contributed by atoms with van der Waals surface area (Å²) in [6.07, 6.45) is 3.28. The number of benzene rings is 1. The normalized spacial score (nSPS) is 10.5. The SMILES string of the molecule is CN(C)/N=C\c1ccc(OC(=O)c2ccccn2)cc1. The molecule has 20 heavy (non-hydrogen) atoms. The number of carbonyl (C=O) groups is 1. The van der Waals surface area contributed by atoms with Crippen molar-refractivity contribution in [3.05, 3.63) is 59.9 Å². The van der Waals surface area contributed by atoms with E-state index in [0.29, 0.717) is 5.75 Å². The molecule has 0 spiro atoms. The molecular formula is C15H15N3O2. The molecule has 0 amide bonds. The van der Waals surface area contributed by atoms with Gasteiger partial charge in [0.25, 0.3) is 0 Å². The molecule has 0 fully saturated rings. The topological polar surface area (TPSA) is 54.8 Å². The highest BCUT2D eigenvalue weighted by molar-refractivity contribution is 5.89. The van der Waals surface area contributed by atoms with Crippen LogP contribution in [-0.4, -0.2) is 36.3 Å². The van der Waals surface area contributed by atoms with Crippen molar-refractivity contribution >= 4 is 12.2 Å². The molecule has 2 aromatic rings. The second kappa shape index (κ2) is 6.47. The molecule has 0 saturated carbocycles. The first-order valence-electron chi connectivity index (χ1n) is 6.10. The molecule has 1 heterocycles. The van der Waals surface area contributed by atoms with Crippen LogP contribution < -0.4 is 4.74 Å². The molecule has 0 saturated heterocycles. The molecule has 0 aliphatic heterocycles. The summed E-state index contributed by atoms with van der Waals surface area (Å²) in [6, 6.07) is 12.2. The van der Waals surface area contributed by atoms with Gasteiger partial charge in [-0.15, -0.1) is 0 Å². The van der Waals surface area contributed by atoms with Crippen molar-refractivity contribution in [2.45, 2.75) is 0 Å². The minimum atomic E-state index is -0.472. The third kappa shape index (κ3) is 3.91. The van der Waals surface area contributed by atoms with Gasteiger partial charge in [0, 0.05) is 20.3 Å². The van der Waals surface area contributed by atoms with Gasteiger partial charge in [-0.2, -0.15) is 5.10 Å². The smallest absolute Gasteiger partial charge is 0.362 e. The Balaban J connectivity index is 2.02. The Morgan fingerprint density at radius 3 is 2.55 bits per heavy atom. The van der Waals surface area contributed by atoms with E-state index in [1.54, 1.807) is 47.8 Å². The third-order valence-corrected chi connectivity index (χ3v) is 2.40. The van der Waals surface area contributed by atoms with Crippen molar-refractivity contribution in [1.29, 1.82) is 0 Å². The lowest BCUT2D eigenvalue weighted by atomic mass is 10.2. The van der Waals surface area contributed by atoms with E-state index in [4.69, 9.17) is 4.74 Å². The summed E-state index contributed by atoms with van der Waals surface area (Å²) in [6.45, 7) is 0. The molecule has 102 valence electrons. The Morgan fingerprint density at radius 2 is 1.95 bits per heavy atom. The van der Waals surface area contributed by atoms with Gasteiger partial charge >= 0.3 is 5.97 Å². The van der Waals surface area contributed by atoms with Gasteiger partial charge < -0.3 is 9.75 Å². The fourth-order valence-electron chi connectivity index (χ4n) is 1.45. The molecule has 0 aliphatic rings. The van der Waals surface area contributed by atoms with Crippen molar-refractivity contribution in [2.24, 2.45) is 5.10 Å². The minimum Gasteiger partial charge on any atom is -0.422 e. The van der Waals surface area contributed by atoms with E-state index in [9.17, 15) is 4.79 Å². The van der Waals surface area contributed by atoms with Crippen LogP contribution >= 0.6 is 0 Å². The Morgan fingerprint density at radius 1 is 1.20 bits per heavy atom. The van der Waals surface area contributed by atoms with Gasteiger partial charge in [-0.3, -0.25) is 0 Å². The van der Waals surface area contributed by atoms with Crippen molar-refractivity contribution < 1.29 is 9.53 Å². The quantitative estimate of drug-likeness (QED) is 0.369. The number of carbonyl (C=O) groups excluding carboxylic acids is 1. The van der Waals surface area contributed by atoms with Crippen LogP contribution in [0.4, 0.5) is 0 Å². The highest BCUT2D eigenvalue weighted by Crippen LogP contribution is 2.13. The lowest BCUT2D eigenvalue weighted by Crippen LogP contribution is -2.10. The van der Waals surface area contributed by atoms with Gasteiger partial charge in [0.1, 0.15) is 11.4 Å². The summed E-state index contributed by atoms with van der Waals surface area (Å²) in [5.74, 6) is 0.00275. The van der Waals surface area contributed by atoms with E-state index >= 15 is 0 Å². The molecule has 1 aromatic carbocycles. The monoisotopic (exact) mass is 269 g/mol. The second-order valence-corrected chi connectivity index (χ2v) is 4.27. The maximum atomic E-state index is 11.8. The molecule has 0 unspecified atom stereocenters. The summed E-state index contributed by atoms with van der Waals surface area (Å²) in [4.78, 5) is 15.7. The lowest BCUT2D eigenvalue weighted by Gasteiger charge is -2.04. The molecule has 5 heteroatoms. The zero-order chi connectivity index (χ0) is 14.4. The third-order valence-electron chi connectivity index (χ3n) is 2.40. The highest BCUT2D eigenvalue weighted by Gasteiger charge is 2.08. The minimum absolute atomic E-state index is 0.283. The van der Waals surface area contributed by atoms with Crippen LogP contribution in [0.5, 0.6) is 5.75 Å². The largest absolute Gasteiger partial charge is 0.422 e. The van der Waals surface area contributed by atoms with E-state index in [0.717, 1.165) is 5.56 Å². The summed E-state index contributed by atoms with van der Waals surface area (Å²) in [5.41, 5.74) is 1.21. The Bertz CT molecular complexity index is 592. The summed E-state index contributed by atoms with van der Waals surface area (Å²) >= 11 is 0. The second-order valence-electron chi connectivity index (χ2n) is 4.27. The van der Waals surface area contributed by atoms with E-state index in [-0.39, 0.29) is 5.69 Å². The molecule has 0 aliphatic carbocycles. The van der Waals surface area contributed by atoms with Crippen LogP contribution in [0.3, 0.4) is 0 Å². The number of hydrogen-bond donors (Lipinski definition) is 0. The number of ether oxygens (including phenoxy) is 1. The molecular weight excluding hydrogens is 254 g/mol. The highest BCUT2D eigenvalue weighted by atomic mass is 16.5. The van der Waals surface area contributed by atoms with Crippen LogP contribution in [0, 0.1) is 0 Å². The summed E-state index contributed by atoms with van der Waals surface area (Å²) < 4.78 is 5.22. The van der Waals surface area contributed by atoms with E-state index in [2.05, 4.69) is 10.1 Å². The number of nitrogens with zero attached hydrogens (tertiary/aromatic N) is 3. The molecule has 5 nitrogen and oxygen atoms in total. The van der Waals surface area contributed by atoms with Crippen LogP contribution in [0.2, 0.25) is 0 Å². The molecule has 0 radical (unpaired) electrons. The Kier molecular flexibility index (Phi) is 4.44. The number of rotatable bonds is 4. The van der Waals surface area contributed by atoms with Crippen molar-refractivity contribution in [1.82, 2.24) is 9.99 Å². The zero-order valence-corrected chi connectivity index (χ0v) is 11.4. The molecule has 0 N–H and O–H groups in total. The molecule has 0 atom stereocenters. The molecule has 0 bridgehead atoms. The fourth-order valence-corrected chi connectivity index (χ4v) is 1.45. The first-order valence-corrected chi connectivity index (χ1v) is 6.10. The zero-order valence-electron chi connectivity index (χ0n) is 11.4. The average molecular weight is 269 g/mol. The first kappa shape index (κ1) is 13.7. The molecule has 1 aromatic heterocycles. The van der Waals surface area contributed by atoms with Crippen LogP contribution in [0.1, 0.15) is 16.1 Å². The average Bonchev–Trinajstić information content (AvgIpc) is 2.47. The van der Waals surface area contributed by atoms with Crippen molar-refractivity contribution in [3.8, 4) is 5.75 Å². The summed E-state index contributed by atoms with van der Waals surface area (Å²) in [5, 5.41) is 5.83. The predicted molar refractivity (Wildman–Crippen MR) is 76.9 cm³/mol. The standard InChI is InChI=1S/C15H15N3O2/c1-18(2)17-11-12-6-8-13(9-7-12)20-15(19)14-5-3-4-10-16-14/h3-11H,1-2H3/b17-11-. The number of esters is 1.